The molecule has 0 saturated carbocycles. The molecule has 0 atom stereocenters. The zero-order valence-corrected chi connectivity index (χ0v) is 10.4. The van der Waals surface area contributed by atoms with E-state index in [9.17, 15) is 4.79 Å². The van der Waals surface area contributed by atoms with Crippen LogP contribution in [0.5, 0.6) is 0 Å². The lowest BCUT2D eigenvalue weighted by atomic mass is 10.4. The summed E-state index contributed by atoms with van der Waals surface area (Å²) >= 11 is 5.73. The maximum Gasteiger partial charge on any atom is 0.373 e. The fraction of sp³-hybridized carbons (Fsp3) is 0.125. The van der Waals surface area contributed by atoms with Crippen LogP contribution in [0.2, 0.25) is 5.15 Å². The minimum atomic E-state index is -0.797. The lowest BCUT2D eigenvalue weighted by molar-refractivity contribution is -0.191. The molecule has 0 aromatic carbocycles. The van der Waals surface area contributed by atoms with Crippen molar-refractivity contribution >= 4 is 41.3 Å². The lowest BCUT2D eigenvalue weighted by Gasteiger charge is -2.05. The number of halogens is 1. The molecule has 0 aliphatic heterocycles. The van der Waals surface area contributed by atoms with Gasteiger partial charge in [0.15, 0.2) is 28.4 Å². The van der Waals surface area contributed by atoms with E-state index in [1.165, 1.54) is 0 Å². The van der Waals surface area contributed by atoms with Crippen molar-refractivity contribution in [2.75, 3.05) is 18.1 Å². The van der Waals surface area contributed by atoms with Gasteiger partial charge in [-0.15, -0.1) is 0 Å². The number of amides is 1. The molecular weight excluding hydrogens is 278 g/mol. The first kappa shape index (κ1) is 16.3. The van der Waals surface area contributed by atoms with E-state index in [-0.39, 0.29) is 34.6 Å². The molecule has 10 nitrogen and oxygen atoms in total. The number of nitrogens with two attached hydrogens (primary N) is 3. The Morgan fingerprint density at radius 3 is 2.32 bits per heavy atom. The molecule has 19 heavy (non-hydrogen) atoms. The van der Waals surface area contributed by atoms with Gasteiger partial charge in [0.2, 0.25) is 0 Å². The summed E-state index contributed by atoms with van der Waals surface area (Å²) in [5, 5.41) is 2.67. The standard InChI is InChI=1S/C7H10ClN7O.CO2/c1-12-5-3(8)13-2(4(9)14-5)6(16)15-7(10)11;2-1-3/h1H3,(H3,9,12,14)(H4,10,11,15,16);. The smallest absolute Gasteiger partial charge is 0.373 e. The molecule has 0 saturated heterocycles. The highest BCUT2D eigenvalue weighted by Crippen LogP contribution is 2.20. The highest BCUT2D eigenvalue weighted by molar-refractivity contribution is 6.32. The predicted molar refractivity (Wildman–Crippen MR) is 66.1 cm³/mol. The molecule has 1 aromatic rings. The quantitative estimate of drug-likeness (QED) is 0.375. The number of carbonyl (C=O) groups is 1. The lowest BCUT2D eigenvalue weighted by Crippen LogP contribution is -2.24. The van der Waals surface area contributed by atoms with Crippen LogP contribution in [0.1, 0.15) is 10.5 Å². The van der Waals surface area contributed by atoms with E-state index in [0.717, 1.165) is 0 Å². The summed E-state index contributed by atoms with van der Waals surface area (Å²) in [5.74, 6) is -1.03. The highest BCUT2D eigenvalue weighted by Gasteiger charge is 2.15. The summed E-state index contributed by atoms with van der Waals surface area (Å²) in [5.41, 5.74) is 15.4. The number of rotatable bonds is 2. The number of aromatic nitrogens is 2. The Morgan fingerprint density at radius 2 is 1.89 bits per heavy atom. The molecule has 0 aliphatic carbocycles. The van der Waals surface area contributed by atoms with Gasteiger partial charge in [-0.2, -0.15) is 14.6 Å². The van der Waals surface area contributed by atoms with Crippen LogP contribution in [0.4, 0.5) is 11.6 Å². The number of guanidine groups is 1. The van der Waals surface area contributed by atoms with Gasteiger partial charge in [-0.3, -0.25) is 4.79 Å². The van der Waals surface area contributed by atoms with Crippen molar-refractivity contribution in [2.45, 2.75) is 0 Å². The maximum atomic E-state index is 11.4. The number of nitrogen functional groups attached to an aromatic ring is 1. The normalized spacial score (nSPS) is 8.53. The molecule has 1 aromatic heterocycles. The molecule has 1 amide bonds. The summed E-state index contributed by atoms with van der Waals surface area (Å²) < 4.78 is 0. The molecule has 0 radical (unpaired) electrons. The number of carbonyl (C=O) groups excluding carboxylic acids is 3. The topological polar surface area (TPSA) is 179 Å². The van der Waals surface area contributed by atoms with Crippen LogP contribution in [0.15, 0.2) is 4.99 Å². The van der Waals surface area contributed by atoms with Gasteiger partial charge in [0.25, 0.3) is 0 Å². The average molecular weight is 288 g/mol. The largest absolute Gasteiger partial charge is 0.382 e. The number of aliphatic imine (C=N–C) groups is 1. The summed E-state index contributed by atoms with van der Waals surface area (Å²) in [6.07, 6.45) is 0.250. The summed E-state index contributed by atoms with van der Waals surface area (Å²) in [4.78, 5) is 38.5. The fourth-order valence-corrected chi connectivity index (χ4v) is 1.14. The first-order valence-electron chi connectivity index (χ1n) is 4.51. The number of nitrogens with one attached hydrogen (secondary N) is 1. The van der Waals surface area contributed by atoms with Crippen LogP contribution >= 0.6 is 11.6 Å². The van der Waals surface area contributed by atoms with Gasteiger partial charge in [0.05, 0.1) is 0 Å². The Hall–Kier alpha value is -2.71. The molecule has 11 heteroatoms. The Balaban J connectivity index is 0.000000982. The van der Waals surface area contributed by atoms with Gasteiger partial charge in [0, 0.05) is 7.05 Å². The predicted octanol–water partition coefficient (Wildman–Crippen LogP) is -1.42. The van der Waals surface area contributed by atoms with Crippen LogP contribution in [-0.4, -0.2) is 35.0 Å². The van der Waals surface area contributed by atoms with Crippen LogP contribution in [0, 0.1) is 0 Å². The molecule has 0 bridgehead atoms. The number of anilines is 2. The van der Waals surface area contributed by atoms with Crippen LogP contribution in [0.3, 0.4) is 0 Å². The van der Waals surface area contributed by atoms with Crippen molar-refractivity contribution in [3.05, 3.63) is 10.8 Å². The third-order valence-electron chi connectivity index (χ3n) is 1.55. The van der Waals surface area contributed by atoms with Gasteiger partial charge in [0.1, 0.15) is 0 Å². The third kappa shape index (κ3) is 4.98. The molecule has 7 N–H and O–H groups in total. The second kappa shape index (κ2) is 7.58. The Morgan fingerprint density at radius 1 is 1.37 bits per heavy atom. The van der Waals surface area contributed by atoms with E-state index >= 15 is 0 Å². The van der Waals surface area contributed by atoms with Crippen molar-refractivity contribution in [3.63, 3.8) is 0 Å². The van der Waals surface area contributed by atoms with E-state index in [1.54, 1.807) is 7.05 Å². The molecule has 0 unspecified atom stereocenters. The summed E-state index contributed by atoms with van der Waals surface area (Å²) in [6, 6.07) is 0. The van der Waals surface area contributed by atoms with E-state index in [2.05, 4.69) is 20.3 Å². The van der Waals surface area contributed by atoms with Crippen molar-refractivity contribution in [2.24, 2.45) is 16.5 Å². The Kier molecular flexibility index (Phi) is 6.50. The van der Waals surface area contributed by atoms with E-state index < -0.39 is 5.91 Å². The molecule has 0 fully saturated rings. The van der Waals surface area contributed by atoms with Gasteiger partial charge in [-0.1, -0.05) is 11.6 Å². The maximum absolute atomic E-state index is 11.4. The second-order valence-electron chi connectivity index (χ2n) is 2.77. The molecule has 1 rings (SSSR count). The summed E-state index contributed by atoms with van der Waals surface area (Å²) in [7, 11) is 1.59. The second-order valence-corrected chi connectivity index (χ2v) is 3.13. The first-order chi connectivity index (χ1) is 8.87. The third-order valence-corrected chi connectivity index (χ3v) is 1.81. The van der Waals surface area contributed by atoms with E-state index in [1.807, 2.05) is 0 Å². The highest BCUT2D eigenvalue weighted by atomic mass is 35.5. The first-order valence-corrected chi connectivity index (χ1v) is 4.89. The molecule has 0 spiro atoms. The molecular formula is C8H10ClN7O3. The van der Waals surface area contributed by atoms with Crippen LogP contribution < -0.4 is 22.5 Å². The zero-order chi connectivity index (χ0) is 15.0. The van der Waals surface area contributed by atoms with Crippen molar-refractivity contribution in [3.8, 4) is 0 Å². The fourth-order valence-electron chi connectivity index (χ4n) is 0.915. The zero-order valence-electron chi connectivity index (χ0n) is 9.68. The van der Waals surface area contributed by atoms with Crippen molar-refractivity contribution in [1.82, 2.24) is 9.97 Å². The Bertz CT molecular complexity index is 535. The monoisotopic (exact) mass is 287 g/mol. The summed E-state index contributed by atoms with van der Waals surface area (Å²) in [6.45, 7) is 0. The Labute approximate surface area is 112 Å². The van der Waals surface area contributed by atoms with Crippen molar-refractivity contribution < 1.29 is 14.4 Å². The number of hydrogen-bond acceptors (Lipinski definition) is 7. The van der Waals surface area contributed by atoms with Crippen molar-refractivity contribution in [1.29, 1.82) is 0 Å². The molecule has 1 heterocycles. The number of nitrogens with zero attached hydrogens (tertiary/aromatic N) is 3. The van der Waals surface area contributed by atoms with E-state index in [0.29, 0.717) is 0 Å². The molecule has 0 aliphatic rings. The van der Waals surface area contributed by atoms with Gasteiger partial charge >= 0.3 is 12.1 Å². The van der Waals surface area contributed by atoms with E-state index in [4.69, 9.17) is 38.4 Å². The number of hydrogen-bond donors (Lipinski definition) is 4. The molecule has 102 valence electrons. The van der Waals surface area contributed by atoms with Gasteiger partial charge in [-0.25, -0.2) is 9.97 Å². The van der Waals surface area contributed by atoms with Gasteiger partial charge < -0.3 is 22.5 Å². The minimum absolute atomic E-state index is 0.00541. The van der Waals surface area contributed by atoms with Gasteiger partial charge in [-0.05, 0) is 0 Å². The van der Waals surface area contributed by atoms with Crippen LogP contribution in [0.25, 0.3) is 0 Å². The average Bonchev–Trinajstić information content (AvgIpc) is 2.31. The van der Waals surface area contributed by atoms with Crippen LogP contribution in [-0.2, 0) is 9.59 Å². The minimum Gasteiger partial charge on any atom is -0.382 e. The SMILES string of the molecule is CNc1nc(N)c(C(=O)N=C(N)N)nc1Cl.O=C=O.